The van der Waals surface area contributed by atoms with Crippen LogP contribution in [0.15, 0.2) is 29.4 Å². The van der Waals surface area contributed by atoms with Gasteiger partial charge in [-0.3, -0.25) is 0 Å². The van der Waals surface area contributed by atoms with Crippen LogP contribution >= 0.6 is 0 Å². The summed E-state index contributed by atoms with van der Waals surface area (Å²) in [4.78, 5) is 0. The summed E-state index contributed by atoms with van der Waals surface area (Å²) < 4.78 is 27.6. The number of rotatable bonds is 2. The molecule has 1 saturated heterocycles. The van der Waals surface area contributed by atoms with Crippen molar-refractivity contribution in [1.82, 2.24) is 4.31 Å². The zero-order valence-electron chi connectivity index (χ0n) is 10.8. The summed E-state index contributed by atoms with van der Waals surface area (Å²) in [5.41, 5.74) is 0. The first-order valence-corrected chi connectivity index (χ1v) is 7.66. The molecule has 1 aromatic rings. The smallest absolute Gasteiger partial charge is 0.340 e. The third-order valence-electron chi connectivity index (χ3n) is 3.31. The van der Waals surface area contributed by atoms with Gasteiger partial charge in [-0.05, 0) is 32.3 Å². The fraction of sp³-hybridized carbons (Fsp3) is 0.500. The predicted molar refractivity (Wildman–Crippen MR) is 69.7 cm³/mol. The van der Waals surface area contributed by atoms with Gasteiger partial charge in [0.2, 0.25) is 6.20 Å². The molecule has 7 heteroatoms. The van der Waals surface area contributed by atoms with E-state index in [1.807, 2.05) is 6.92 Å². The van der Waals surface area contributed by atoms with E-state index in [4.69, 9.17) is 5.84 Å². The molecule has 0 unspecified atom stereocenters. The first-order chi connectivity index (χ1) is 8.93. The van der Waals surface area contributed by atoms with E-state index in [9.17, 15) is 13.5 Å². The number of aromatic nitrogens is 1. The van der Waals surface area contributed by atoms with E-state index in [2.05, 4.69) is 0 Å². The molecule has 1 aliphatic heterocycles. The van der Waals surface area contributed by atoms with E-state index in [-0.39, 0.29) is 17.6 Å². The Bertz CT molecular complexity index is 547. The highest BCUT2D eigenvalue weighted by Crippen LogP contribution is 2.22. The highest BCUT2D eigenvalue weighted by atomic mass is 32.2. The van der Waals surface area contributed by atoms with Gasteiger partial charge < -0.3 is 5.11 Å². The quantitative estimate of drug-likeness (QED) is 0.562. The van der Waals surface area contributed by atoms with E-state index < -0.39 is 16.1 Å². The Hall–Kier alpha value is -1.18. The molecular formula is C12H19N3O3S+. The van der Waals surface area contributed by atoms with E-state index in [0.717, 1.165) is 4.68 Å². The van der Waals surface area contributed by atoms with Crippen molar-refractivity contribution in [2.45, 2.75) is 36.9 Å². The van der Waals surface area contributed by atoms with Crippen LogP contribution in [0.1, 0.15) is 19.8 Å². The fourth-order valence-electron chi connectivity index (χ4n) is 2.23. The topological polar surface area (TPSA) is 87.5 Å². The van der Waals surface area contributed by atoms with Crippen LogP contribution in [-0.2, 0) is 10.0 Å². The van der Waals surface area contributed by atoms with Crippen molar-refractivity contribution in [2.24, 2.45) is 0 Å². The molecule has 0 bridgehead atoms. The minimum Gasteiger partial charge on any atom is -0.391 e. The second kappa shape index (κ2) is 5.44. The van der Waals surface area contributed by atoms with Crippen molar-refractivity contribution in [2.75, 3.05) is 12.4 Å². The van der Waals surface area contributed by atoms with Crippen molar-refractivity contribution < 1.29 is 18.2 Å². The Morgan fingerprint density at radius 1 is 1.47 bits per heavy atom. The van der Waals surface area contributed by atoms with Crippen LogP contribution in [0.5, 0.6) is 0 Å². The summed E-state index contributed by atoms with van der Waals surface area (Å²) in [6.07, 6.45) is 3.87. The molecule has 2 heterocycles. The largest absolute Gasteiger partial charge is 0.391 e. The fourth-order valence-corrected chi connectivity index (χ4v) is 3.97. The molecule has 1 fully saturated rings. The molecule has 2 rings (SSSR count). The number of nitrogens with zero attached hydrogens (tertiary/aromatic N) is 2. The number of hydrogen-bond donors (Lipinski definition) is 2. The maximum atomic E-state index is 12.6. The first kappa shape index (κ1) is 14.2. The van der Waals surface area contributed by atoms with E-state index in [1.54, 1.807) is 18.6 Å². The molecule has 19 heavy (non-hydrogen) atoms. The van der Waals surface area contributed by atoms with Crippen molar-refractivity contribution >= 4 is 10.0 Å². The number of hydrogen-bond acceptors (Lipinski definition) is 4. The van der Waals surface area contributed by atoms with Gasteiger partial charge in [0, 0.05) is 24.7 Å². The minimum absolute atomic E-state index is 0.0240. The average molecular weight is 285 g/mol. The molecule has 3 N–H and O–H groups in total. The third kappa shape index (κ3) is 2.88. The zero-order chi connectivity index (χ0) is 14.0. The van der Waals surface area contributed by atoms with Crippen LogP contribution in [0, 0.1) is 6.42 Å². The van der Waals surface area contributed by atoms with Crippen molar-refractivity contribution in [1.29, 1.82) is 0 Å². The number of aliphatic hydroxyl groups is 1. The number of pyridine rings is 1. The summed E-state index contributed by atoms with van der Waals surface area (Å²) in [5, 5.41) is 9.78. The Kier molecular flexibility index (Phi) is 4.07. The molecule has 105 valence electrons. The Balaban J connectivity index is 2.40. The van der Waals surface area contributed by atoms with Gasteiger partial charge in [0.25, 0.3) is 0 Å². The maximum absolute atomic E-state index is 12.6. The maximum Gasteiger partial charge on any atom is 0.340 e. The second-order valence-electron chi connectivity index (χ2n) is 4.75. The lowest BCUT2D eigenvalue weighted by Gasteiger charge is -2.25. The zero-order valence-corrected chi connectivity index (χ0v) is 11.6. The van der Waals surface area contributed by atoms with Gasteiger partial charge >= 0.3 is 15.0 Å². The standard InChI is InChI=1S/C12H19N3O3S/c1-10-5-4-6-11(16)9-15(10)19(17,18)12-7-2-3-8-14(12)13/h2-3,6-8,10-11,16H,4-5,9,13H2,1H3/q+1/t10-,11+/m1/s1. The molecule has 1 radical (unpaired) electrons. The second-order valence-corrected chi connectivity index (χ2v) is 6.59. The molecule has 0 saturated carbocycles. The number of aliphatic hydroxyl groups excluding tert-OH is 1. The Morgan fingerprint density at radius 2 is 2.21 bits per heavy atom. The van der Waals surface area contributed by atoms with Crippen molar-refractivity contribution in [3.8, 4) is 0 Å². The van der Waals surface area contributed by atoms with Crippen molar-refractivity contribution in [3.05, 3.63) is 30.8 Å². The van der Waals surface area contributed by atoms with Gasteiger partial charge in [-0.25, -0.2) is 14.3 Å². The predicted octanol–water partition coefficient (Wildman–Crippen LogP) is -0.574. The minimum atomic E-state index is -3.71. The first-order valence-electron chi connectivity index (χ1n) is 6.22. The van der Waals surface area contributed by atoms with Gasteiger partial charge in [-0.15, -0.1) is 0 Å². The Labute approximate surface area is 113 Å². The van der Waals surface area contributed by atoms with Gasteiger partial charge in [-0.1, -0.05) is 4.68 Å². The highest BCUT2D eigenvalue weighted by Gasteiger charge is 2.37. The number of nitrogens with two attached hydrogens (primary N) is 1. The lowest BCUT2D eigenvalue weighted by molar-refractivity contribution is -0.678. The van der Waals surface area contributed by atoms with Gasteiger partial charge in [0.15, 0.2) is 0 Å². The summed E-state index contributed by atoms with van der Waals surface area (Å²) in [6, 6.07) is 4.58. The normalized spacial score (nSPS) is 26.0. The summed E-state index contributed by atoms with van der Waals surface area (Å²) in [6.45, 7) is 1.91. The molecular weight excluding hydrogens is 266 g/mol. The van der Waals surface area contributed by atoms with Gasteiger partial charge in [0.05, 0.1) is 6.10 Å². The molecule has 0 aromatic carbocycles. The number of β-amino-alcohol motifs (C(OH)–C–C–N with tert-alkyl or cyclic N) is 1. The Morgan fingerprint density at radius 3 is 2.89 bits per heavy atom. The monoisotopic (exact) mass is 285 g/mol. The van der Waals surface area contributed by atoms with E-state index in [1.165, 1.54) is 16.6 Å². The van der Waals surface area contributed by atoms with Gasteiger partial charge in [0.1, 0.15) is 0 Å². The molecule has 6 nitrogen and oxygen atoms in total. The summed E-state index contributed by atoms with van der Waals surface area (Å²) in [5.74, 6) is 5.67. The lowest BCUT2D eigenvalue weighted by Crippen LogP contribution is -2.53. The molecule has 0 aliphatic carbocycles. The van der Waals surface area contributed by atoms with Crippen LogP contribution in [-0.4, -0.2) is 36.5 Å². The summed E-state index contributed by atoms with van der Waals surface area (Å²) in [7, 11) is -3.71. The van der Waals surface area contributed by atoms with Crippen LogP contribution < -0.4 is 10.5 Å². The SMILES string of the molecule is C[C@@H]1CC[CH][C@H](O)CN1S(=O)(=O)c1cccc[n+]1N. The number of sulfonamides is 1. The molecule has 1 aromatic heterocycles. The lowest BCUT2D eigenvalue weighted by atomic mass is 10.1. The molecule has 0 amide bonds. The van der Waals surface area contributed by atoms with Crippen LogP contribution in [0.25, 0.3) is 0 Å². The van der Waals surface area contributed by atoms with E-state index in [0.29, 0.717) is 12.8 Å². The molecule has 1 aliphatic rings. The van der Waals surface area contributed by atoms with Crippen molar-refractivity contribution in [3.63, 3.8) is 0 Å². The van der Waals surface area contributed by atoms with E-state index >= 15 is 0 Å². The van der Waals surface area contributed by atoms with Crippen LogP contribution in [0.3, 0.4) is 0 Å². The third-order valence-corrected chi connectivity index (χ3v) is 5.31. The van der Waals surface area contributed by atoms with Gasteiger partial charge in [-0.2, -0.15) is 4.31 Å². The summed E-state index contributed by atoms with van der Waals surface area (Å²) >= 11 is 0. The van der Waals surface area contributed by atoms with Crippen LogP contribution in [0.4, 0.5) is 0 Å². The average Bonchev–Trinajstić information content (AvgIpc) is 2.52. The highest BCUT2D eigenvalue weighted by molar-refractivity contribution is 7.89. The molecule has 0 spiro atoms. The van der Waals surface area contributed by atoms with Crippen LogP contribution in [0.2, 0.25) is 0 Å². The number of nitrogen functional groups attached to an aromatic ring is 1. The molecule has 2 atom stereocenters.